The third-order valence-corrected chi connectivity index (χ3v) is 5.60. The third kappa shape index (κ3) is 4.53. The predicted molar refractivity (Wildman–Crippen MR) is 103 cm³/mol. The van der Waals surface area contributed by atoms with E-state index < -0.39 is 0 Å². The van der Waals surface area contributed by atoms with Gasteiger partial charge in [-0.2, -0.15) is 0 Å². The van der Waals surface area contributed by atoms with E-state index >= 15 is 0 Å². The number of rotatable bonds is 3. The van der Waals surface area contributed by atoms with E-state index in [0.717, 1.165) is 42.6 Å². The molecule has 2 aliphatic rings. The van der Waals surface area contributed by atoms with E-state index in [9.17, 15) is 9.59 Å². The second kappa shape index (κ2) is 8.19. The molecule has 1 aromatic rings. The van der Waals surface area contributed by atoms with Crippen molar-refractivity contribution in [3.05, 3.63) is 23.8 Å². The van der Waals surface area contributed by atoms with Gasteiger partial charge in [0.2, 0.25) is 11.8 Å². The minimum Gasteiger partial charge on any atom is -0.327 e. The molecule has 1 aromatic carbocycles. The van der Waals surface area contributed by atoms with Gasteiger partial charge in [0.15, 0.2) is 0 Å². The van der Waals surface area contributed by atoms with Gasteiger partial charge >= 0.3 is 0 Å². The lowest BCUT2D eigenvalue weighted by molar-refractivity contribution is -0.122. The van der Waals surface area contributed by atoms with Crippen molar-refractivity contribution in [2.24, 2.45) is 23.5 Å². The molecule has 2 bridgehead atoms. The zero-order chi connectivity index (χ0) is 17.3. The van der Waals surface area contributed by atoms with Crippen molar-refractivity contribution in [1.29, 1.82) is 0 Å². The molecule has 2 unspecified atom stereocenters. The molecule has 138 valence electrons. The van der Waals surface area contributed by atoms with Crippen LogP contribution in [0, 0.1) is 24.7 Å². The molecular weight excluding hydrogens is 338 g/mol. The summed E-state index contributed by atoms with van der Waals surface area (Å²) in [5.74, 6) is 0.986. The summed E-state index contributed by atoms with van der Waals surface area (Å²) in [7, 11) is 0. The number of fused-ring (bicyclic) bond motifs is 2. The summed E-state index contributed by atoms with van der Waals surface area (Å²) in [4.78, 5) is 24.0. The Labute approximate surface area is 155 Å². The summed E-state index contributed by atoms with van der Waals surface area (Å²) >= 11 is 0. The van der Waals surface area contributed by atoms with Crippen LogP contribution in [0.2, 0.25) is 0 Å². The minimum absolute atomic E-state index is 0. The Hall–Kier alpha value is -1.59. The first-order chi connectivity index (χ1) is 11.4. The molecule has 0 spiro atoms. The van der Waals surface area contributed by atoms with E-state index in [-0.39, 0.29) is 36.2 Å². The monoisotopic (exact) mass is 365 g/mol. The van der Waals surface area contributed by atoms with Gasteiger partial charge in [0.25, 0.3) is 0 Å². The Morgan fingerprint density at radius 3 is 2.36 bits per heavy atom. The standard InChI is InChI=1S/C19H27N3O2.ClH/c1-11-6-7-16(10-17(11)21-12(2)23)22-19(24)15-8-13-4-3-5-14(9-15)18(13)20;/h6-7,10,13-15,18H,3-5,8-9,20H2,1-2H3,(H,21,23)(H,22,24);1H. The minimum atomic E-state index is -0.115. The van der Waals surface area contributed by atoms with Gasteiger partial charge in [0.05, 0.1) is 0 Å². The van der Waals surface area contributed by atoms with Crippen LogP contribution in [0.25, 0.3) is 0 Å². The van der Waals surface area contributed by atoms with E-state index in [0.29, 0.717) is 11.8 Å². The molecule has 25 heavy (non-hydrogen) atoms. The lowest BCUT2D eigenvalue weighted by atomic mass is 9.65. The molecule has 0 saturated heterocycles. The summed E-state index contributed by atoms with van der Waals surface area (Å²) in [6.45, 7) is 3.41. The molecular formula is C19H28ClN3O2. The molecule has 0 radical (unpaired) electrons. The highest BCUT2D eigenvalue weighted by molar-refractivity contribution is 5.95. The molecule has 2 aliphatic carbocycles. The molecule has 2 amide bonds. The van der Waals surface area contributed by atoms with Gasteiger partial charge in [-0.3, -0.25) is 9.59 Å². The van der Waals surface area contributed by atoms with Gasteiger partial charge in [0, 0.05) is 30.3 Å². The van der Waals surface area contributed by atoms with Gasteiger partial charge < -0.3 is 16.4 Å². The molecule has 3 rings (SSSR count). The first-order valence-electron chi connectivity index (χ1n) is 8.88. The molecule has 0 heterocycles. The summed E-state index contributed by atoms with van der Waals surface area (Å²) in [6, 6.07) is 5.89. The largest absolute Gasteiger partial charge is 0.327 e. The molecule has 4 N–H and O–H groups in total. The number of amides is 2. The Bertz CT molecular complexity index is 636. The van der Waals surface area contributed by atoms with Crippen LogP contribution in [0.5, 0.6) is 0 Å². The first kappa shape index (κ1) is 19.7. The summed E-state index contributed by atoms with van der Waals surface area (Å²) < 4.78 is 0. The van der Waals surface area contributed by atoms with Crippen LogP contribution in [0.15, 0.2) is 18.2 Å². The summed E-state index contributed by atoms with van der Waals surface area (Å²) in [6.07, 6.45) is 5.34. The molecule has 5 nitrogen and oxygen atoms in total. The Morgan fingerprint density at radius 1 is 1.12 bits per heavy atom. The van der Waals surface area contributed by atoms with E-state index in [1.165, 1.54) is 13.3 Å². The average Bonchev–Trinajstić information content (AvgIpc) is 2.49. The zero-order valence-corrected chi connectivity index (χ0v) is 15.7. The van der Waals surface area contributed by atoms with Crippen LogP contribution in [0.1, 0.15) is 44.6 Å². The number of hydrogen-bond donors (Lipinski definition) is 3. The molecule has 2 saturated carbocycles. The highest BCUT2D eigenvalue weighted by atomic mass is 35.5. The summed E-state index contributed by atoms with van der Waals surface area (Å²) in [5.41, 5.74) is 8.75. The van der Waals surface area contributed by atoms with Gasteiger partial charge in [0.1, 0.15) is 0 Å². The predicted octanol–water partition coefficient (Wildman–Crippen LogP) is 3.47. The fourth-order valence-corrected chi connectivity index (χ4v) is 4.27. The molecule has 2 fully saturated rings. The van der Waals surface area contributed by atoms with Crippen molar-refractivity contribution in [3.8, 4) is 0 Å². The van der Waals surface area contributed by atoms with Crippen LogP contribution >= 0.6 is 12.4 Å². The maximum atomic E-state index is 12.7. The number of anilines is 2. The third-order valence-electron chi connectivity index (χ3n) is 5.60. The maximum Gasteiger partial charge on any atom is 0.227 e. The smallest absolute Gasteiger partial charge is 0.227 e. The molecule has 6 heteroatoms. The zero-order valence-electron chi connectivity index (χ0n) is 14.9. The second-order valence-corrected chi connectivity index (χ2v) is 7.40. The molecule has 2 atom stereocenters. The van der Waals surface area contributed by atoms with Crippen LogP contribution in [0.4, 0.5) is 11.4 Å². The second-order valence-electron chi connectivity index (χ2n) is 7.40. The van der Waals surface area contributed by atoms with Gasteiger partial charge in [-0.1, -0.05) is 12.5 Å². The topological polar surface area (TPSA) is 84.2 Å². The van der Waals surface area contributed by atoms with Crippen LogP contribution in [-0.4, -0.2) is 17.9 Å². The molecule has 0 aliphatic heterocycles. The number of hydrogen-bond acceptors (Lipinski definition) is 3. The number of nitrogens with two attached hydrogens (primary N) is 1. The van der Waals surface area contributed by atoms with Crippen molar-refractivity contribution in [1.82, 2.24) is 0 Å². The number of halogens is 1. The molecule has 0 aromatic heterocycles. The van der Waals surface area contributed by atoms with Gasteiger partial charge in [-0.15, -0.1) is 12.4 Å². The van der Waals surface area contributed by atoms with Crippen LogP contribution in [-0.2, 0) is 9.59 Å². The van der Waals surface area contributed by atoms with Crippen molar-refractivity contribution in [3.63, 3.8) is 0 Å². The number of carbonyl (C=O) groups is 2. The van der Waals surface area contributed by atoms with E-state index in [1.807, 2.05) is 25.1 Å². The van der Waals surface area contributed by atoms with Crippen LogP contribution < -0.4 is 16.4 Å². The van der Waals surface area contributed by atoms with Crippen molar-refractivity contribution < 1.29 is 9.59 Å². The number of aryl methyl sites for hydroxylation is 1. The van der Waals surface area contributed by atoms with E-state index in [2.05, 4.69) is 10.6 Å². The maximum absolute atomic E-state index is 12.7. The Balaban J connectivity index is 0.00000225. The SMILES string of the molecule is CC(=O)Nc1cc(NC(=O)C2CC3CCCC(C2)C3N)ccc1C.Cl. The highest BCUT2D eigenvalue weighted by Gasteiger charge is 2.40. The lowest BCUT2D eigenvalue weighted by Crippen LogP contribution is -2.48. The normalized spacial score (nSPS) is 27.8. The van der Waals surface area contributed by atoms with E-state index in [1.54, 1.807) is 0 Å². The fraction of sp³-hybridized carbons (Fsp3) is 0.579. The fourth-order valence-electron chi connectivity index (χ4n) is 4.27. The lowest BCUT2D eigenvalue weighted by Gasteiger charge is -2.43. The van der Waals surface area contributed by atoms with Crippen molar-refractivity contribution >= 4 is 35.6 Å². The number of nitrogens with one attached hydrogen (secondary N) is 2. The first-order valence-corrected chi connectivity index (χ1v) is 8.88. The van der Waals surface area contributed by atoms with E-state index in [4.69, 9.17) is 5.73 Å². The quantitative estimate of drug-likeness (QED) is 0.766. The number of carbonyl (C=O) groups excluding carboxylic acids is 2. The van der Waals surface area contributed by atoms with Crippen LogP contribution in [0.3, 0.4) is 0 Å². The summed E-state index contributed by atoms with van der Waals surface area (Å²) in [5, 5.41) is 5.82. The van der Waals surface area contributed by atoms with Gasteiger partial charge in [-0.25, -0.2) is 0 Å². The Kier molecular flexibility index (Phi) is 6.47. The number of benzene rings is 1. The average molecular weight is 366 g/mol. The highest BCUT2D eigenvalue weighted by Crippen LogP contribution is 2.42. The Morgan fingerprint density at radius 2 is 1.76 bits per heavy atom. The van der Waals surface area contributed by atoms with Crippen molar-refractivity contribution in [2.75, 3.05) is 10.6 Å². The van der Waals surface area contributed by atoms with Crippen molar-refractivity contribution in [2.45, 2.75) is 52.0 Å². The van der Waals surface area contributed by atoms with Gasteiger partial charge in [-0.05, 0) is 62.1 Å².